The van der Waals surface area contributed by atoms with E-state index in [1.807, 2.05) is 12.1 Å². The van der Waals surface area contributed by atoms with E-state index < -0.39 is 0 Å². The Morgan fingerprint density at radius 2 is 1.88 bits per heavy atom. The van der Waals surface area contributed by atoms with Crippen molar-refractivity contribution in [2.24, 2.45) is 5.92 Å². The first-order chi connectivity index (χ1) is 7.88. The molecule has 0 spiro atoms. The van der Waals surface area contributed by atoms with E-state index in [-0.39, 0.29) is 0 Å². The molecule has 1 aromatic rings. The van der Waals surface area contributed by atoms with Gasteiger partial charge in [-0.3, -0.25) is 0 Å². The minimum atomic E-state index is 0.915. The molecule has 0 aliphatic heterocycles. The van der Waals surface area contributed by atoms with Gasteiger partial charge in [0.05, 0.1) is 7.11 Å². The lowest BCUT2D eigenvalue weighted by molar-refractivity contribution is 0.414. The highest BCUT2D eigenvalue weighted by molar-refractivity contribution is 5.26. The van der Waals surface area contributed by atoms with Crippen molar-refractivity contribution >= 4 is 0 Å². The summed E-state index contributed by atoms with van der Waals surface area (Å²) in [5.74, 6) is 1.85. The van der Waals surface area contributed by atoms with E-state index in [0.29, 0.717) is 0 Å². The summed E-state index contributed by atoms with van der Waals surface area (Å²) in [5.41, 5.74) is 1.33. The van der Waals surface area contributed by atoms with Gasteiger partial charge in [-0.25, -0.2) is 0 Å². The van der Waals surface area contributed by atoms with E-state index in [4.69, 9.17) is 4.74 Å². The van der Waals surface area contributed by atoms with E-state index in [9.17, 15) is 0 Å². The van der Waals surface area contributed by atoms with Crippen LogP contribution >= 0.6 is 0 Å². The minimum absolute atomic E-state index is 0.915. The standard InChI is InChI=1S/C14H21NO/c1-16-14-8-6-13(7-9-14)11-15-10-12-4-2-3-5-12/h6-9,12,15H,2-5,10-11H2,1H3. The number of hydrogen-bond donors (Lipinski definition) is 1. The zero-order valence-electron chi connectivity index (χ0n) is 10.0. The lowest BCUT2D eigenvalue weighted by atomic mass is 10.1. The Morgan fingerprint density at radius 3 is 2.50 bits per heavy atom. The zero-order chi connectivity index (χ0) is 11.2. The third kappa shape index (κ3) is 3.24. The van der Waals surface area contributed by atoms with Crippen LogP contribution in [0.1, 0.15) is 31.2 Å². The van der Waals surface area contributed by atoms with Gasteiger partial charge in [0.15, 0.2) is 0 Å². The van der Waals surface area contributed by atoms with Gasteiger partial charge in [0.25, 0.3) is 0 Å². The van der Waals surface area contributed by atoms with Crippen molar-refractivity contribution in [1.29, 1.82) is 0 Å². The molecule has 1 aliphatic rings. The van der Waals surface area contributed by atoms with Crippen molar-refractivity contribution in [1.82, 2.24) is 5.32 Å². The van der Waals surface area contributed by atoms with Gasteiger partial charge in [-0.05, 0) is 43.0 Å². The van der Waals surface area contributed by atoms with Gasteiger partial charge in [-0.2, -0.15) is 0 Å². The fourth-order valence-corrected chi connectivity index (χ4v) is 2.38. The highest BCUT2D eigenvalue weighted by Gasteiger charge is 2.13. The Kier molecular flexibility index (Phi) is 4.23. The molecule has 0 bridgehead atoms. The Balaban J connectivity index is 1.71. The molecule has 0 amide bonds. The van der Waals surface area contributed by atoms with Gasteiger partial charge in [0, 0.05) is 6.54 Å². The van der Waals surface area contributed by atoms with E-state index in [1.165, 1.54) is 37.8 Å². The van der Waals surface area contributed by atoms with Crippen LogP contribution in [0.25, 0.3) is 0 Å². The molecular formula is C14H21NO. The monoisotopic (exact) mass is 219 g/mol. The lowest BCUT2D eigenvalue weighted by Crippen LogP contribution is -2.20. The van der Waals surface area contributed by atoms with E-state index >= 15 is 0 Å². The zero-order valence-corrected chi connectivity index (χ0v) is 10.0. The topological polar surface area (TPSA) is 21.3 Å². The predicted molar refractivity (Wildman–Crippen MR) is 66.7 cm³/mol. The Hall–Kier alpha value is -1.02. The number of methoxy groups -OCH3 is 1. The molecule has 0 saturated heterocycles. The first kappa shape index (κ1) is 11.5. The lowest BCUT2D eigenvalue weighted by Gasteiger charge is -2.10. The fraction of sp³-hybridized carbons (Fsp3) is 0.571. The van der Waals surface area contributed by atoms with Crippen LogP contribution in [0.15, 0.2) is 24.3 Å². The van der Waals surface area contributed by atoms with E-state index in [0.717, 1.165) is 18.2 Å². The summed E-state index contributed by atoms with van der Waals surface area (Å²) in [5, 5.41) is 3.54. The molecule has 0 aromatic heterocycles. The second-order valence-corrected chi connectivity index (χ2v) is 4.63. The van der Waals surface area contributed by atoms with Gasteiger partial charge >= 0.3 is 0 Å². The van der Waals surface area contributed by atoms with Crippen LogP contribution in [0, 0.1) is 5.92 Å². The maximum absolute atomic E-state index is 5.13. The average molecular weight is 219 g/mol. The number of rotatable bonds is 5. The highest BCUT2D eigenvalue weighted by Crippen LogP contribution is 2.23. The van der Waals surface area contributed by atoms with Crippen LogP contribution in [0.2, 0.25) is 0 Å². The third-order valence-corrected chi connectivity index (χ3v) is 3.40. The van der Waals surface area contributed by atoms with Crippen molar-refractivity contribution in [3.8, 4) is 5.75 Å². The molecule has 0 unspecified atom stereocenters. The Bertz CT molecular complexity index is 301. The van der Waals surface area contributed by atoms with Crippen molar-refractivity contribution in [2.75, 3.05) is 13.7 Å². The van der Waals surface area contributed by atoms with E-state index in [2.05, 4.69) is 17.4 Å². The van der Waals surface area contributed by atoms with E-state index in [1.54, 1.807) is 7.11 Å². The summed E-state index contributed by atoms with van der Waals surface area (Å²) < 4.78 is 5.13. The second kappa shape index (κ2) is 5.90. The van der Waals surface area contributed by atoms with Gasteiger partial charge in [-0.15, -0.1) is 0 Å². The molecule has 1 fully saturated rings. The SMILES string of the molecule is COc1ccc(CNCC2CCCC2)cc1. The predicted octanol–water partition coefficient (Wildman–Crippen LogP) is 2.98. The first-order valence-electron chi connectivity index (χ1n) is 6.22. The molecule has 2 rings (SSSR count). The van der Waals surface area contributed by atoms with Gasteiger partial charge in [0.1, 0.15) is 5.75 Å². The molecule has 1 N–H and O–H groups in total. The van der Waals surface area contributed by atoms with Crippen LogP contribution in [0.3, 0.4) is 0 Å². The molecule has 0 atom stereocenters. The van der Waals surface area contributed by atoms with Crippen molar-refractivity contribution in [3.63, 3.8) is 0 Å². The Labute approximate surface area is 98.0 Å². The first-order valence-corrected chi connectivity index (χ1v) is 6.22. The van der Waals surface area contributed by atoms with Gasteiger partial charge in [-0.1, -0.05) is 25.0 Å². The van der Waals surface area contributed by atoms with Crippen LogP contribution < -0.4 is 10.1 Å². The maximum atomic E-state index is 5.13. The Morgan fingerprint density at radius 1 is 1.19 bits per heavy atom. The third-order valence-electron chi connectivity index (χ3n) is 3.40. The molecule has 1 aromatic carbocycles. The molecule has 0 heterocycles. The second-order valence-electron chi connectivity index (χ2n) is 4.63. The van der Waals surface area contributed by atoms with Crippen molar-refractivity contribution < 1.29 is 4.74 Å². The summed E-state index contributed by atoms with van der Waals surface area (Å²) in [6.45, 7) is 2.15. The number of hydrogen-bond acceptors (Lipinski definition) is 2. The van der Waals surface area contributed by atoms with Gasteiger partial charge in [0.2, 0.25) is 0 Å². The average Bonchev–Trinajstić information content (AvgIpc) is 2.83. The van der Waals surface area contributed by atoms with Crippen LogP contribution in [0.4, 0.5) is 0 Å². The highest BCUT2D eigenvalue weighted by atomic mass is 16.5. The molecule has 16 heavy (non-hydrogen) atoms. The molecule has 2 nitrogen and oxygen atoms in total. The van der Waals surface area contributed by atoms with Crippen LogP contribution in [0.5, 0.6) is 5.75 Å². The van der Waals surface area contributed by atoms with Crippen LogP contribution in [-0.4, -0.2) is 13.7 Å². The quantitative estimate of drug-likeness (QED) is 0.822. The smallest absolute Gasteiger partial charge is 0.118 e. The van der Waals surface area contributed by atoms with Crippen LogP contribution in [-0.2, 0) is 6.54 Å². The molecule has 1 saturated carbocycles. The summed E-state index contributed by atoms with van der Waals surface area (Å²) in [4.78, 5) is 0. The summed E-state index contributed by atoms with van der Waals surface area (Å²) >= 11 is 0. The maximum Gasteiger partial charge on any atom is 0.118 e. The molecule has 0 radical (unpaired) electrons. The molecule has 1 aliphatic carbocycles. The molecule has 88 valence electrons. The normalized spacial score (nSPS) is 16.6. The summed E-state index contributed by atoms with van der Waals surface area (Å²) in [7, 11) is 1.70. The van der Waals surface area contributed by atoms with Crippen molar-refractivity contribution in [3.05, 3.63) is 29.8 Å². The number of benzene rings is 1. The van der Waals surface area contributed by atoms with Crippen molar-refractivity contribution in [2.45, 2.75) is 32.2 Å². The fourth-order valence-electron chi connectivity index (χ4n) is 2.38. The molecule has 2 heteroatoms. The summed E-state index contributed by atoms with van der Waals surface area (Å²) in [6, 6.07) is 8.29. The molecular weight excluding hydrogens is 198 g/mol. The van der Waals surface area contributed by atoms with Gasteiger partial charge < -0.3 is 10.1 Å². The number of ether oxygens (including phenoxy) is 1. The number of nitrogens with one attached hydrogen (secondary N) is 1. The largest absolute Gasteiger partial charge is 0.497 e. The minimum Gasteiger partial charge on any atom is -0.497 e. The summed E-state index contributed by atoms with van der Waals surface area (Å²) in [6.07, 6.45) is 5.68.